The Kier molecular flexibility index (Phi) is 23.2. The van der Waals surface area contributed by atoms with Gasteiger partial charge in [0.05, 0.1) is 47.3 Å². The summed E-state index contributed by atoms with van der Waals surface area (Å²) in [6.07, 6.45) is 4.51. The highest BCUT2D eigenvalue weighted by Gasteiger charge is 2.41. The largest absolute Gasteiger partial charge is 0.450 e. The number of rotatable bonds is 19. The Morgan fingerprint density at radius 1 is 0.560 bits per heavy atom. The number of anilines is 2. The summed E-state index contributed by atoms with van der Waals surface area (Å²) in [5.74, 6) is -0.386. The van der Waals surface area contributed by atoms with E-state index in [9.17, 15) is 45.6 Å². The number of likely N-dealkylation sites (tertiary alicyclic amines) is 2. The number of fused-ring (bicyclic) bond motifs is 2. The highest BCUT2D eigenvalue weighted by molar-refractivity contribution is 9.09. The fourth-order valence-electron chi connectivity index (χ4n) is 10.3. The molecular formula is C64H71BrN10O14S2. The van der Waals surface area contributed by atoms with Crippen LogP contribution in [0.5, 0.6) is 0 Å². The average Bonchev–Trinajstić information content (AvgIpc) is 1.72. The smallest absolute Gasteiger partial charge is 0.415 e. The van der Waals surface area contributed by atoms with Crippen molar-refractivity contribution in [3.63, 3.8) is 0 Å². The molecule has 4 aromatic carbocycles. The molecule has 480 valence electrons. The molecule has 2 aliphatic heterocycles. The molecule has 91 heavy (non-hydrogen) atoms. The second kappa shape index (κ2) is 31.1. The molecule has 2 fully saturated rings. The van der Waals surface area contributed by atoms with Gasteiger partial charge in [-0.2, -0.15) is 0 Å². The van der Waals surface area contributed by atoms with E-state index in [4.69, 9.17) is 18.9 Å². The second-order valence-corrected chi connectivity index (χ2v) is 25.6. The molecule has 24 nitrogen and oxygen atoms in total. The van der Waals surface area contributed by atoms with E-state index in [2.05, 4.69) is 48.1 Å². The number of carbonyl (C=O) groups is 6. The summed E-state index contributed by atoms with van der Waals surface area (Å²) in [5.41, 5.74) is 4.50. The quantitative estimate of drug-likeness (QED) is 0.0581. The number of aryl methyl sites for hydroxylation is 2. The molecular weight excluding hydrogens is 1280 g/mol. The van der Waals surface area contributed by atoms with Gasteiger partial charge in [-0.15, -0.1) is 0 Å². The number of benzene rings is 4. The molecule has 8 aromatic rings. The van der Waals surface area contributed by atoms with Crippen molar-refractivity contribution in [3.05, 3.63) is 168 Å². The molecule has 0 saturated carbocycles. The lowest BCUT2D eigenvalue weighted by Crippen LogP contribution is -2.41. The average molecular weight is 1350 g/mol. The van der Waals surface area contributed by atoms with Gasteiger partial charge in [0.2, 0.25) is 0 Å². The molecule has 2 saturated heterocycles. The minimum absolute atomic E-state index is 0.0324. The van der Waals surface area contributed by atoms with Crippen LogP contribution in [-0.4, -0.2) is 142 Å². The fourth-order valence-corrected chi connectivity index (χ4v) is 13.3. The number of hydrogen-bond donors (Lipinski definition) is 1. The van der Waals surface area contributed by atoms with Gasteiger partial charge in [-0.1, -0.05) is 139 Å². The van der Waals surface area contributed by atoms with Crippen LogP contribution < -0.4 is 10.2 Å². The summed E-state index contributed by atoms with van der Waals surface area (Å²) in [6, 6.07) is 34.9. The highest BCUT2D eigenvalue weighted by Crippen LogP contribution is 2.31. The lowest BCUT2D eigenvalue weighted by molar-refractivity contribution is -0.122. The predicted octanol–water partition coefficient (Wildman–Crippen LogP) is 10.6. The van der Waals surface area contributed by atoms with Crippen LogP contribution in [0.2, 0.25) is 0 Å². The first kappa shape index (κ1) is 67.8. The van der Waals surface area contributed by atoms with Gasteiger partial charge in [-0.05, 0) is 87.1 Å². The third kappa shape index (κ3) is 16.9. The van der Waals surface area contributed by atoms with Crippen LogP contribution in [0.4, 0.5) is 30.8 Å². The Morgan fingerprint density at radius 3 is 1.46 bits per heavy atom. The van der Waals surface area contributed by atoms with Crippen LogP contribution in [0.25, 0.3) is 22.3 Å². The zero-order valence-corrected chi connectivity index (χ0v) is 54.3. The maximum Gasteiger partial charge on any atom is 0.415 e. The number of Topliss-reactive ketones (excluding diaryl/α,β-unsaturated/α-hetero) is 2. The SMILES string of the molecule is CCOC(=O)N(CC(=O)[C@H]1CN(C(=O)OCc2ccccc2)C[C@H]1CC)c1cnc2c(ccn2S(=O)(=O)c2ccc(C)cc2)n1.CCOC(=O)Nc1cnc2c(ccn2S(=O)(=O)c2ccc(C)cc2)n1.CC[C@@H]1CN(C(=O)OCc2ccccc2)CC1C(=O)CBr. The van der Waals surface area contributed by atoms with E-state index in [-0.39, 0.29) is 113 Å². The summed E-state index contributed by atoms with van der Waals surface area (Å²) >= 11 is 3.22. The molecule has 1 N–H and O–H groups in total. The maximum atomic E-state index is 13.7. The Labute approximate surface area is 536 Å². The van der Waals surface area contributed by atoms with Crippen molar-refractivity contribution in [1.29, 1.82) is 0 Å². The summed E-state index contributed by atoms with van der Waals surface area (Å²) in [4.78, 5) is 96.6. The first-order chi connectivity index (χ1) is 43.7. The molecule has 4 atom stereocenters. The molecule has 0 radical (unpaired) electrons. The van der Waals surface area contributed by atoms with Crippen LogP contribution in [0.1, 0.15) is 62.8 Å². The lowest BCUT2D eigenvalue weighted by atomic mass is 9.90. The van der Waals surface area contributed by atoms with Crippen molar-refractivity contribution in [1.82, 2.24) is 37.7 Å². The van der Waals surface area contributed by atoms with Gasteiger partial charge in [0.1, 0.15) is 30.0 Å². The Morgan fingerprint density at radius 2 is 1.01 bits per heavy atom. The molecule has 2 aliphatic rings. The molecule has 1 unspecified atom stereocenters. The molecule has 0 aliphatic carbocycles. The van der Waals surface area contributed by atoms with Crippen LogP contribution in [0, 0.1) is 37.5 Å². The predicted molar refractivity (Wildman–Crippen MR) is 342 cm³/mol. The number of halogens is 1. The number of carbonyl (C=O) groups excluding carboxylic acids is 6. The van der Waals surface area contributed by atoms with Crippen molar-refractivity contribution < 1.29 is 64.6 Å². The minimum atomic E-state index is -3.96. The van der Waals surface area contributed by atoms with Crippen molar-refractivity contribution in [2.75, 3.05) is 61.5 Å². The normalized spacial score (nSPS) is 16.2. The van der Waals surface area contributed by atoms with Crippen molar-refractivity contribution in [2.45, 2.75) is 77.4 Å². The van der Waals surface area contributed by atoms with Crippen LogP contribution in [0.15, 0.2) is 156 Å². The van der Waals surface area contributed by atoms with Gasteiger partial charge < -0.3 is 28.7 Å². The van der Waals surface area contributed by atoms with Crippen LogP contribution >= 0.6 is 15.9 Å². The number of amides is 4. The Balaban J connectivity index is 0.000000195. The van der Waals surface area contributed by atoms with Gasteiger partial charge in [0, 0.05) is 50.4 Å². The number of ketones is 2. The molecule has 6 heterocycles. The van der Waals surface area contributed by atoms with Gasteiger partial charge in [-0.3, -0.25) is 19.8 Å². The molecule has 10 rings (SSSR count). The molecule has 0 spiro atoms. The molecule has 0 bridgehead atoms. The summed E-state index contributed by atoms with van der Waals surface area (Å²) in [7, 11) is -7.74. The van der Waals surface area contributed by atoms with E-state index in [0.29, 0.717) is 36.9 Å². The minimum Gasteiger partial charge on any atom is -0.450 e. The summed E-state index contributed by atoms with van der Waals surface area (Å²) < 4.78 is 75.0. The number of hydrogen-bond acceptors (Lipinski definition) is 18. The van der Waals surface area contributed by atoms with E-state index in [1.807, 2.05) is 81.4 Å². The third-order valence-electron chi connectivity index (χ3n) is 15.3. The number of ether oxygens (including phenoxy) is 4. The number of aromatic nitrogens is 6. The lowest BCUT2D eigenvalue weighted by Gasteiger charge is -2.23. The molecule has 4 aromatic heterocycles. The standard InChI is InChI=1S/C32H35N5O7S.C16H20BrNO3.C16H16N4O4S/c1-4-24-18-35(31(39)44-21-23-9-7-6-8-10-23)19-26(24)28(38)20-36(32(40)43-5-2)29-17-33-30-27(34-29)15-16-37(30)45(41,42)25-13-11-22(3)12-14-25;1-2-13-9-18(10-14(13)15(19)8-17)16(20)21-11-12-6-4-3-5-7-12;1-3-24-16(21)19-14-10-17-15-13(18-14)8-9-20(15)25(22,23)12-6-4-11(2)5-7-12/h6-17,24,26H,4-5,18-21H2,1-3H3;3-7,13-14H,2,8-11H2,1H3;4-10H,3H2,1-2H3,(H,18,19,21)/t24-,26+;13-,14?;/m11./s1. The molecule has 4 amide bonds. The number of alkyl halides is 1. The second-order valence-electron chi connectivity index (χ2n) is 21.4. The summed E-state index contributed by atoms with van der Waals surface area (Å²) in [5, 5.41) is 2.78. The zero-order valence-electron chi connectivity index (χ0n) is 51.1. The fraction of sp³-hybridized carbons (Fsp3) is 0.344. The van der Waals surface area contributed by atoms with Crippen molar-refractivity contribution >= 4 is 106 Å². The highest BCUT2D eigenvalue weighted by atomic mass is 79.9. The monoisotopic (exact) mass is 1350 g/mol. The van der Waals surface area contributed by atoms with Crippen molar-refractivity contribution in [3.8, 4) is 0 Å². The van der Waals surface area contributed by atoms with Gasteiger partial charge in [0.15, 0.2) is 28.7 Å². The van der Waals surface area contributed by atoms with E-state index < -0.39 is 44.2 Å². The topological polar surface area (TPSA) is 291 Å². The van der Waals surface area contributed by atoms with Gasteiger partial charge >= 0.3 is 24.4 Å². The van der Waals surface area contributed by atoms with E-state index in [1.165, 1.54) is 54.0 Å². The number of nitrogens with one attached hydrogen (secondary N) is 1. The number of nitrogens with zero attached hydrogens (tertiary/aromatic N) is 9. The van der Waals surface area contributed by atoms with Crippen LogP contribution in [-0.2, 0) is 61.8 Å². The van der Waals surface area contributed by atoms with E-state index in [0.717, 1.165) is 41.5 Å². The first-order valence-corrected chi connectivity index (χ1v) is 33.4. The van der Waals surface area contributed by atoms with E-state index >= 15 is 0 Å². The maximum absolute atomic E-state index is 13.7. The first-order valence-electron chi connectivity index (χ1n) is 29.4. The van der Waals surface area contributed by atoms with Crippen LogP contribution in [0.3, 0.4) is 0 Å². The van der Waals surface area contributed by atoms with Crippen molar-refractivity contribution in [2.24, 2.45) is 23.7 Å². The van der Waals surface area contributed by atoms with Gasteiger partial charge in [0.25, 0.3) is 20.0 Å². The molecule has 27 heteroatoms. The summed E-state index contributed by atoms with van der Waals surface area (Å²) in [6.45, 7) is 13.0. The van der Waals surface area contributed by atoms with E-state index in [1.54, 1.807) is 55.1 Å². The Bertz CT molecular complexity index is 4080. The van der Waals surface area contributed by atoms with Gasteiger partial charge in [-0.25, -0.2) is 63.9 Å². The zero-order chi connectivity index (χ0) is 65.4. The Hall–Kier alpha value is -9.08. The third-order valence-corrected chi connectivity index (χ3v) is 19.2.